The fourth-order valence-electron chi connectivity index (χ4n) is 25.3. The molecule has 0 saturated heterocycles. The summed E-state index contributed by atoms with van der Waals surface area (Å²) >= 11 is 0. The summed E-state index contributed by atoms with van der Waals surface area (Å²) in [6.07, 6.45) is 26.1. The Hall–Kier alpha value is -7.44. The maximum Gasteiger partial charge on any atom is 0.369 e. The number of rotatable bonds is 21. The van der Waals surface area contributed by atoms with Crippen LogP contribution in [0.2, 0.25) is 0 Å². The molecule has 7 saturated carbocycles. The Bertz CT molecular complexity index is 5110. The quantitative estimate of drug-likeness (QED) is 0.0414. The van der Waals surface area contributed by atoms with Gasteiger partial charge in [0.05, 0.1) is 18.3 Å². The largest absolute Gasteiger partial charge is 0.743 e. The van der Waals surface area contributed by atoms with Crippen LogP contribution in [0.3, 0.4) is 0 Å². The van der Waals surface area contributed by atoms with Gasteiger partial charge >= 0.3 is 5.25 Å². The molecule has 12 nitrogen and oxygen atoms in total. The predicted molar refractivity (Wildman–Crippen MR) is 521 cm³/mol. The fraction of sp³-hybridized carbons (Fsp3) is 0.583. The Morgan fingerprint density at radius 3 is 1.18 bits per heavy atom. The van der Waals surface area contributed by atoms with Gasteiger partial charge in [-0.15, -0.1) is 0 Å². The second kappa shape index (κ2) is 41.6. The molecular weight excluding hydrogens is 1680 g/mol. The van der Waals surface area contributed by atoms with Gasteiger partial charge in [0.15, 0.2) is 38.9 Å². The van der Waals surface area contributed by atoms with Crippen molar-refractivity contribution in [2.75, 3.05) is 0 Å². The van der Waals surface area contributed by atoms with Gasteiger partial charge in [-0.3, -0.25) is 0 Å². The first-order valence-corrected chi connectivity index (χ1v) is 53.3. The minimum Gasteiger partial charge on any atom is -0.743 e. The van der Waals surface area contributed by atoms with E-state index in [1.807, 2.05) is 30.3 Å². The molecule has 8 aromatic rings. The average molecular weight is 1830 g/mol. The first-order chi connectivity index (χ1) is 62.7. The lowest BCUT2D eigenvalue weighted by molar-refractivity contribution is -0.162. The summed E-state index contributed by atoms with van der Waals surface area (Å²) in [6, 6.07) is 58.2. The molecule has 131 heavy (non-hydrogen) atoms. The van der Waals surface area contributed by atoms with Gasteiger partial charge in [0.1, 0.15) is 39.6 Å². The topological polar surface area (TPSA) is 151 Å². The molecular formula is C115H150F2O12S2. The van der Waals surface area contributed by atoms with Crippen LogP contribution in [-0.2, 0) is 67.3 Å². The summed E-state index contributed by atoms with van der Waals surface area (Å²) in [7, 11) is -5.84. The van der Waals surface area contributed by atoms with E-state index < -0.39 is 21.5 Å². The number of hydrogen-bond donors (Lipinski definition) is 1. The first kappa shape index (κ1) is 96.7. The van der Waals surface area contributed by atoms with Crippen LogP contribution in [0.15, 0.2) is 185 Å². The maximum absolute atomic E-state index is 13.4. The van der Waals surface area contributed by atoms with Crippen LogP contribution in [-0.4, -0.2) is 66.6 Å². The van der Waals surface area contributed by atoms with Gasteiger partial charge in [-0.2, -0.15) is 8.78 Å². The van der Waals surface area contributed by atoms with Gasteiger partial charge in [0, 0.05) is 18.3 Å². The van der Waals surface area contributed by atoms with Gasteiger partial charge in [-0.1, -0.05) is 215 Å². The maximum atomic E-state index is 13.4. The van der Waals surface area contributed by atoms with Crippen LogP contribution in [0.4, 0.5) is 8.78 Å². The Balaban J connectivity index is 0.000000116. The van der Waals surface area contributed by atoms with Crippen LogP contribution < -0.4 is 23.7 Å². The number of ether oxygens (including phenoxy) is 8. The standard InChI is InChI=1S/2C25H36O2.C22H34O2.C18H13OS.C14H18F2O4S.C11H14O/c2*1-14(2)25(26-19-8-9-20-16(4)15(3)10-17(20)11-19)27-24-13-18-12-23(24)22-7-5-6-21(18)22;1-15(2)23-22(13-18-8-6-5-7-9-18)24-20-10-11-21-17(4)16(3)12-19(21)14-20;1-2-8-14(9-3-1)20-17-12-6-4-10-15(17)19-16-11-5-7-13-18(16)20;1-8-6-11-7-12(4-5-13(11)9(8)2)20-10(3)14(15,16)21(17,18)19;1-7-5-9-6-10(12)3-4-11(9)8(7)2/h2*8-9,11,14-16,18,21-25H,5-7,10,12-13H2,1-4H3;10-11,14-18,22H,5-9,12-13H2,1-4H3;1-13H;4-5,7-10H,6H2,1-3H3,(H,17,18,19);3-4,6-8,12H,5H2,1-2H3/q;;;+1;;/p-1. The van der Waals surface area contributed by atoms with Crippen molar-refractivity contribution in [3.05, 3.63) is 225 Å². The van der Waals surface area contributed by atoms with Crippen molar-refractivity contribution in [1.82, 2.24) is 0 Å². The van der Waals surface area contributed by atoms with E-state index in [2.05, 4.69) is 226 Å². The molecule has 12 aliphatic carbocycles. The molecule has 1 aliphatic heterocycles. The van der Waals surface area contributed by atoms with E-state index in [9.17, 15) is 26.9 Å². The molecule has 1 heterocycles. The highest BCUT2D eigenvalue weighted by molar-refractivity contribution is 7.97. The molecule has 1 N–H and O–H groups in total. The third-order valence-electron chi connectivity index (χ3n) is 33.4. The lowest BCUT2D eigenvalue weighted by atomic mass is 9.80. The highest BCUT2D eigenvalue weighted by atomic mass is 32.2. The lowest BCUT2D eigenvalue weighted by Crippen LogP contribution is -2.42. The van der Waals surface area contributed by atoms with Crippen LogP contribution in [0.1, 0.15) is 306 Å². The highest BCUT2D eigenvalue weighted by Crippen LogP contribution is 2.62. The molecule has 8 aromatic carbocycles. The summed E-state index contributed by atoms with van der Waals surface area (Å²) in [5.41, 5.74) is 13.8. The number of halogens is 2. The minimum absolute atomic E-state index is 0.0829. The normalized spacial score (nSPS) is 29.7. The van der Waals surface area contributed by atoms with Crippen molar-refractivity contribution < 1.29 is 64.8 Å². The number of hydrogen-bond acceptors (Lipinski definition) is 12. The molecule has 24 atom stereocenters. The summed E-state index contributed by atoms with van der Waals surface area (Å²) < 4.78 is 108. The third-order valence-corrected chi connectivity index (χ3v) is 36.7. The fourth-order valence-corrected chi connectivity index (χ4v) is 27.9. The number of aromatic hydroxyl groups is 1. The van der Waals surface area contributed by atoms with E-state index in [-0.39, 0.29) is 41.6 Å². The van der Waals surface area contributed by atoms with E-state index in [1.165, 1.54) is 181 Å². The monoisotopic (exact) mass is 1830 g/mol. The molecule has 708 valence electrons. The van der Waals surface area contributed by atoms with Crippen LogP contribution >= 0.6 is 0 Å². The number of phenolic OH excluding ortho intramolecular Hbond substituents is 1. The van der Waals surface area contributed by atoms with Crippen molar-refractivity contribution in [1.29, 1.82) is 0 Å². The molecule has 0 aromatic heterocycles. The molecule has 7 fully saturated rings. The van der Waals surface area contributed by atoms with Gasteiger partial charge in [-0.05, 0) is 369 Å². The first-order valence-electron chi connectivity index (χ1n) is 50.6. The molecule has 21 rings (SSSR count). The van der Waals surface area contributed by atoms with E-state index >= 15 is 0 Å². The molecule has 13 aliphatic rings. The van der Waals surface area contributed by atoms with E-state index in [1.54, 1.807) is 18.2 Å². The number of phenols is 1. The zero-order valence-corrected chi connectivity index (χ0v) is 82.8. The summed E-state index contributed by atoms with van der Waals surface area (Å²) in [5, 5.41) is 4.80. The Kier molecular flexibility index (Phi) is 30.7. The molecule has 0 spiro atoms. The highest BCUT2D eigenvalue weighted by Gasteiger charge is 2.57. The second-order valence-electron chi connectivity index (χ2n) is 43.2. The number of para-hydroxylation sites is 2. The predicted octanol–water partition coefficient (Wildman–Crippen LogP) is 28.9. The number of fused-ring (bicyclic) bond motifs is 17. The van der Waals surface area contributed by atoms with Crippen LogP contribution in [0.25, 0.3) is 0 Å². The second-order valence-corrected chi connectivity index (χ2v) is 46.6. The van der Waals surface area contributed by atoms with E-state index in [4.69, 9.17) is 37.9 Å². The van der Waals surface area contributed by atoms with E-state index in [0.717, 1.165) is 143 Å². The summed E-state index contributed by atoms with van der Waals surface area (Å²) in [4.78, 5) is 3.85. The number of alkyl halides is 2. The molecule has 0 radical (unpaired) electrons. The molecule has 4 bridgehead atoms. The SMILES string of the molecule is CC(C)C(Oc1ccc2c(c1)CC(C)C2C)OC1CC2CC1C1CCCC21.CC(C)C(Oc1ccc2c(c1)CC(C)C2C)OC1CC2CC1C1CCCC21.CC(C)OC(CC1CCCCC1)Oc1ccc2c(c1)CC(C)C2C.CC1Cc2cc(O)ccc2C1C.CC1Cc2cc(OC(C)C(F)(F)S(=O)(=O)[O-])ccc2C1C.c1ccc([S+]2c3ccccc3Oc3ccccc32)cc1. The average Bonchev–Trinajstić information content (AvgIpc) is 1.55. The van der Waals surface area contributed by atoms with Gasteiger partial charge in [0.25, 0.3) is 0 Å². The van der Waals surface area contributed by atoms with Gasteiger partial charge < -0.3 is 47.6 Å². The van der Waals surface area contributed by atoms with Gasteiger partial charge in [0.2, 0.25) is 22.4 Å². The molecule has 24 unspecified atom stereocenters. The zero-order chi connectivity index (χ0) is 92.6. The zero-order valence-electron chi connectivity index (χ0n) is 81.2. The minimum atomic E-state index is -5.76. The van der Waals surface area contributed by atoms with Crippen LogP contribution in [0, 0.1) is 94.7 Å². The van der Waals surface area contributed by atoms with Crippen molar-refractivity contribution in [2.45, 2.75) is 345 Å². The third kappa shape index (κ3) is 21.7. The molecule has 16 heteroatoms. The lowest BCUT2D eigenvalue weighted by Gasteiger charge is -2.35. The van der Waals surface area contributed by atoms with E-state index in [0.29, 0.717) is 65.3 Å². The van der Waals surface area contributed by atoms with Crippen molar-refractivity contribution >= 4 is 21.0 Å². The van der Waals surface area contributed by atoms with Crippen molar-refractivity contribution in [3.63, 3.8) is 0 Å². The van der Waals surface area contributed by atoms with Gasteiger partial charge in [-0.25, -0.2) is 8.42 Å². The Morgan fingerprint density at radius 1 is 0.420 bits per heavy atom. The summed E-state index contributed by atoms with van der Waals surface area (Å²) in [5.74, 6) is 20.8. The van der Waals surface area contributed by atoms with Crippen LogP contribution in [0.5, 0.6) is 40.2 Å². The smallest absolute Gasteiger partial charge is 0.369 e. The molecule has 0 amide bonds. The Morgan fingerprint density at radius 2 is 0.786 bits per heavy atom. The number of benzene rings is 8. The Labute approximate surface area is 786 Å². The van der Waals surface area contributed by atoms with Crippen molar-refractivity contribution in [2.24, 2.45) is 94.7 Å². The summed E-state index contributed by atoms with van der Waals surface area (Å²) in [6.45, 7) is 36.8. The van der Waals surface area contributed by atoms with Crippen molar-refractivity contribution in [3.8, 4) is 40.2 Å².